The van der Waals surface area contributed by atoms with Gasteiger partial charge in [-0.1, -0.05) is 48.5 Å². The van der Waals surface area contributed by atoms with Crippen molar-refractivity contribution in [3.63, 3.8) is 0 Å². The highest BCUT2D eigenvalue weighted by Crippen LogP contribution is 2.51. The number of fused-ring (bicyclic) bond motifs is 4. The summed E-state index contributed by atoms with van der Waals surface area (Å²) in [5, 5.41) is 14.7. The average Bonchev–Trinajstić information content (AvgIpc) is 3.57. The van der Waals surface area contributed by atoms with Crippen molar-refractivity contribution in [3.8, 4) is 11.1 Å². The third-order valence-electron chi connectivity index (χ3n) is 7.81. The van der Waals surface area contributed by atoms with Crippen molar-refractivity contribution in [1.29, 1.82) is 0 Å². The molecule has 2 amide bonds. The van der Waals surface area contributed by atoms with Gasteiger partial charge in [-0.25, -0.2) is 4.79 Å². The molecular formula is C28H32N2O5. The van der Waals surface area contributed by atoms with Crippen molar-refractivity contribution < 1.29 is 24.2 Å². The van der Waals surface area contributed by atoms with Crippen LogP contribution >= 0.6 is 0 Å². The van der Waals surface area contributed by atoms with E-state index in [1.807, 2.05) is 36.4 Å². The molecule has 2 aromatic carbocycles. The molecular weight excluding hydrogens is 444 g/mol. The second-order valence-corrected chi connectivity index (χ2v) is 10.1. The molecule has 2 aromatic rings. The van der Waals surface area contributed by atoms with Crippen LogP contribution in [0.1, 0.15) is 55.6 Å². The van der Waals surface area contributed by atoms with Gasteiger partial charge >= 0.3 is 12.1 Å². The summed E-state index contributed by atoms with van der Waals surface area (Å²) in [6, 6.07) is 15.2. The maximum atomic E-state index is 12.8. The first kappa shape index (κ1) is 23.4. The number of alkyl carbamates (subject to hydrolysis) is 1. The Morgan fingerprint density at radius 1 is 0.943 bits per heavy atom. The van der Waals surface area contributed by atoms with Gasteiger partial charge in [-0.05, 0) is 72.1 Å². The highest BCUT2D eigenvalue weighted by molar-refractivity contribution is 5.86. The van der Waals surface area contributed by atoms with Gasteiger partial charge in [-0.15, -0.1) is 0 Å². The fourth-order valence-electron chi connectivity index (χ4n) is 5.82. The van der Waals surface area contributed by atoms with Crippen LogP contribution in [0.25, 0.3) is 11.1 Å². The largest absolute Gasteiger partial charge is 0.481 e. The molecule has 3 aliphatic carbocycles. The maximum Gasteiger partial charge on any atom is 0.407 e. The third kappa shape index (κ3) is 5.34. The molecule has 3 aliphatic rings. The molecule has 2 fully saturated rings. The first-order valence-electron chi connectivity index (χ1n) is 12.6. The van der Waals surface area contributed by atoms with E-state index in [0.717, 1.165) is 46.9 Å². The standard InChI is InChI=1S/C28H32N2O5/c31-26(32)12-11-25(27(33)29-15-17-9-10-18-14-19(18)13-17)30-28(34)35-16-24-22-7-3-1-5-20(22)21-6-2-4-8-23(21)24/h1-8,17-19,24-25H,9-16H2,(H,29,33)(H,30,34)(H,31,32). The molecule has 4 atom stereocenters. The molecule has 184 valence electrons. The second kappa shape index (κ2) is 10.1. The van der Waals surface area contributed by atoms with E-state index in [-0.39, 0.29) is 31.3 Å². The normalized spacial score (nSPS) is 22.8. The Labute approximate surface area is 205 Å². The van der Waals surface area contributed by atoms with Crippen LogP contribution in [0.15, 0.2) is 48.5 Å². The van der Waals surface area contributed by atoms with Crippen LogP contribution in [0.3, 0.4) is 0 Å². The van der Waals surface area contributed by atoms with Crippen LogP contribution in [-0.4, -0.2) is 42.3 Å². The van der Waals surface area contributed by atoms with Crippen LogP contribution in [-0.2, 0) is 14.3 Å². The van der Waals surface area contributed by atoms with Crippen molar-refractivity contribution in [2.24, 2.45) is 17.8 Å². The van der Waals surface area contributed by atoms with E-state index in [4.69, 9.17) is 9.84 Å². The number of nitrogens with one attached hydrogen (secondary N) is 2. The quantitative estimate of drug-likeness (QED) is 0.500. The molecule has 35 heavy (non-hydrogen) atoms. The molecule has 0 aliphatic heterocycles. The Balaban J connectivity index is 1.18. The van der Waals surface area contributed by atoms with Crippen molar-refractivity contribution in [1.82, 2.24) is 10.6 Å². The molecule has 0 heterocycles. The maximum absolute atomic E-state index is 12.8. The molecule has 3 N–H and O–H groups in total. The molecule has 0 radical (unpaired) electrons. The van der Waals surface area contributed by atoms with E-state index in [9.17, 15) is 14.4 Å². The van der Waals surface area contributed by atoms with Crippen molar-refractivity contribution in [2.75, 3.05) is 13.2 Å². The summed E-state index contributed by atoms with van der Waals surface area (Å²) >= 11 is 0. The van der Waals surface area contributed by atoms with E-state index in [2.05, 4.69) is 22.8 Å². The predicted octanol–water partition coefficient (Wildman–Crippen LogP) is 4.31. The number of carboxylic acid groups (broad SMARTS) is 1. The van der Waals surface area contributed by atoms with Gasteiger partial charge in [0.1, 0.15) is 12.6 Å². The lowest BCUT2D eigenvalue weighted by molar-refractivity contribution is -0.137. The predicted molar refractivity (Wildman–Crippen MR) is 131 cm³/mol. The van der Waals surface area contributed by atoms with Gasteiger partial charge in [0.15, 0.2) is 0 Å². The topological polar surface area (TPSA) is 105 Å². The fraction of sp³-hybridized carbons (Fsp3) is 0.464. The van der Waals surface area contributed by atoms with Crippen LogP contribution < -0.4 is 10.6 Å². The number of carbonyl (C=O) groups excluding carboxylic acids is 2. The molecule has 4 unspecified atom stereocenters. The summed E-state index contributed by atoms with van der Waals surface area (Å²) < 4.78 is 5.56. The van der Waals surface area contributed by atoms with Gasteiger partial charge < -0.3 is 20.5 Å². The number of hydrogen-bond donors (Lipinski definition) is 3. The third-order valence-corrected chi connectivity index (χ3v) is 7.81. The van der Waals surface area contributed by atoms with Gasteiger partial charge in [0, 0.05) is 18.9 Å². The molecule has 0 aromatic heterocycles. The first-order valence-corrected chi connectivity index (χ1v) is 12.6. The van der Waals surface area contributed by atoms with Crippen molar-refractivity contribution in [2.45, 2.75) is 50.5 Å². The molecule has 2 saturated carbocycles. The van der Waals surface area contributed by atoms with Gasteiger partial charge in [0.25, 0.3) is 0 Å². The minimum Gasteiger partial charge on any atom is -0.481 e. The van der Waals surface area contributed by atoms with E-state index in [1.54, 1.807) is 0 Å². The number of carbonyl (C=O) groups is 3. The summed E-state index contributed by atoms with van der Waals surface area (Å²) in [5.74, 6) is 0.712. The lowest BCUT2D eigenvalue weighted by Gasteiger charge is -2.23. The smallest absolute Gasteiger partial charge is 0.407 e. The highest BCUT2D eigenvalue weighted by atomic mass is 16.5. The number of hydrogen-bond acceptors (Lipinski definition) is 4. The Morgan fingerprint density at radius 2 is 1.63 bits per heavy atom. The van der Waals surface area contributed by atoms with Crippen LogP contribution in [0.4, 0.5) is 4.79 Å². The van der Waals surface area contributed by atoms with Gasteiger partial charge in [0.05, 0.1) is 0 Å². The van der Waals surface area contributed by atoms with Crippen LogP contribution in [0.5, 0.6) is 0 Å². The number of amides is 2. The van der Waals surface area contributed by atoms with Crippen molar-refractivity contribution in [3.05, 3.63) is 59.7 Å². The van der Waals surface area contributed by atoms with Crippen molar-refractivity contribution >= 4 is 18.0 Å². The molecule has 0 spiro atoms. The summed E-state index contributed by atoms with van der Waals surface area (Å²) in [4.78, 5) is 36.6. The first-order chi connectivity index (χ1) is 17.0. The monoisotopic (exact) mass is 476 g/mol. The van der Waals surface area contributed by atoms with Gasteiger partial charge in [-0.3, -0.25) is 9.59 Å². The minimum atomic E-state index is -1.01. The van der Waals surface area contributed by atoms with E-state index in [0.29, 0.717) is 12.5 Å². The lowest BCUT2D eigenvalue weighted by Crippen LogP contribution is -2.48. The Morgan fingerprint density at radius 3 is 2.29 bits per heavy atom. The molecule has 0 saturated heterocycles. The minimum absolute atomic E-state index is 0.0146. The highest BCUT2D eigenvalue weighted by Gasteiger charge is 2.42. The second-order valence-electron chi connectivity index (χ2n) is 10.1. The summed E-state index contributed by atoms with van der Waals surface area (Å²) in [5.41, 5.74) is 4.48. The summed E-state index contributed by atoms with van der Waals surface area (Å²) in [7, 11) is 0. The molecule has 0 bridgehead atoms. The SMILES string of the molecule is O=C(O)CCC(NC(=O)OCC1c2ccccc2-c2ccccc21)C(=O)NCC1CCC2CC2C1. The molecule has 7 nitrogen and oxygen atoms in total. The molecule has 5 rings (SSSR count). The summed E-state index contributed by atoms with van der Waals surface area (Å²) in [6.07, 6.45) is 3.89. The number of benzene rings is 2. The fourth-order valence-corrected chi connectivity index (χ4v) is 5.82. The van der Waals surface area contributed by atoms with Gasteiger partial charge in [0.2, 0.25) is 5.91 Å². The Kier molecular flexibility index (Phi) is 6.75. The number of carboxylic acids is 1. The van der Waals surface area contributed by atoms with E-state index < -0.39 is 18.1 Å². The van der Waals surface area contributed by atoms with Gasteiger partial charge in [-0.2, -0.15) is 0 Å². The zero-order valence-electron chi connectivity index (χ0n) is 19.7. The number of aliphatic carboxylic acids is 1. The van der Waals surface area contributed by atoms with Crippen LogP contribution in [0.2, 0.25) is 0 Å². The Hall–Kier alpha value is -3.35. The average molecular weight is 477 g/mol. The number of rotatable bonds is 9. The van der Waals surface area contributed by atoms with Crippen LogP contribution in [0, 0.1) is 17.8 Å². The lowest BCUT2D eigenvalue weighted by atomic mass is 9.89. The van der Waals surface area contributed by atoms with E-state index in [1.165, 1.54) is 12.8 Å². The Bertz CT molecular complexity index is 1070. The molecule has 7 heteroatoms. The number of ether oxygens (including phenoxy) is 1. The summed E-state index contributed by atoms with van der Waals surface area (Å²) in [6.45, 7) is 0.704. The zero-order chi connectivity index (χ0) is 24.4. The zero-order valence-corrected chi connectivity index (χ0v) is 19.7. The van der Waals surface area contributed by atoms with E-state index >= 15 is 0 Å².